The molecule has 0 radical (unpaired) electrons. The third-order valence-corrected chi connectivity index (χ3v) is 5.11. The smallest absolute Gasteiger partial charge is 0.314 e. The van der Waals surface area contributed by atoms with Crippen molar-refractivity contribution in [1.82, 2.24) is 4.90 Å². The summed E-state index contributed by atoms with van der Waals surface area (Å²) in [6.07, 6.45) is 2.39. The lowest BCUT2D eigenvalue weighted by Gasteiger charge is -2.39. The van der Waals surface area contributed by atoms with Gasteiger partial charge in [-0.15, -0.1) is 0 Å². The van der Waals surface area contributed by atoms with Crippen molar-refractivity contribution in [3.8, 4) is 5.75 Å². The molecule has 3 rings (SSSR count). The molecule has 1 aliphatic rings. The fraction of sp³-hybridized carbons (Fsp3) is 0.273. The molecule has 1 fully saturated rings. The lowest BCUT2D eigenvalue weighted by molar-refractivity contribution is -0.145. The van der Waals surface area contributed by atoms with Crippen LogP contribution >= 0.6 is 0 Å². The van der Waals surface area contributed by atoms with Crippen LogP contribution in [0, 0.1) is 0 Å². The normalized spacial score (nSPS) is 15.8. The topological polar surface area (TPSA) is 66.8 Å². The molecular formula is C22H23NO4. The molecule has 27 heavy (non-hydrogen) atoms. The molecule has 5 nitrogen and oxygen atoms in total. The maximum Gasteiger partial charge on any atom is 0.314 e. The summed E-state index contributed by atoms with van der Waals surface area (Å²) in [5.74, 6) is -0.460. The number of carboxylic acid groups (broad SMARTS) is 1. The number of carboxylic acids is 1. The lowest BCUT2D eigenvalue weighted by Crippen LogP contribution is -2.49. The number of ether oxygens (including phenoxy) is 1. The summed E-state index contributed by atoms with van der Waals surface area (Å²) in [6, 6.07) is 16.4. The molecule has 1 saturated heterocycles. The van der Waals surface area contributed by atoms with Gasteiger partial charge in [0.25, 0.3) is 5.91 Å². The Bertz CT molecular complexity index is 823. The minimum absolute atomic E-state index is 0.137. The summed E-state index contributed by atoms with van der Waals surface area (Å²) in [7, 11) is 0. The zero-order chi connectivity index (χ0) is 19.3. The molecule has 2 aromatic rings. The van der Waals surface area contributed by atoms with E-state index in [0.717, 1.165) is 5.56 Å². The number of likely N-dealkylation sites (tertiary alicyclic amines) is 1. The van der Waals surface area contributed by atoms with Crippen molar-refractivity contribution >= 4 is 11.9 Å². The average molecular weight is 365 g/mol. The zero-order valence-corrected chi connectivity index (χ0v) is 15.1. The molecule has 1 amide bonds. The van der Waals surface area contributed by atoms with E-state index in [0.29, 0.717) is 43.9 Å². The Labute approximate surface area is 158 Å². The van der Waals surface area contributed by atoms with Gasteiger partial charge in [0.05, 0.1) is 11.0 Å². The van der Waals surface area contributed by atoms with Crippen LogP contribution in [0.3, 0.4) is 0 Å². The van der Waals surface area contributed by atoms with Crippen LogP contribution in [-0.2, 0) is 10.2 Å². The van der Waals surface area contributed by atoms with Crippen LogP contribution in [0.15, 0.2) is 67.3 Å². The minimum Gasteiger partial charge on any atom is -0.489 e. The number of aliphatic carboxylic acids is 1. The van der Waals surface area contributed by atoms with Gasteiger partial charge >= 0.3 is 5.97 Å². The van der Waals surface area contributed by atoms with E-state index in [-0.39, 0.29) is 5.91 Å². The highest BCUT2D eigenvalue weighted by Gasteiger charge is 2.44. The number of nitrogens with zero attached hydrogens (tertiary/aromatic N) is 1. The molecule has 0 saturated carbocycles. The number of hydrogen-bond donors (Lipinski definition) is 1. The van der Waals surface area contributed by atoms with Gasteiger partial charge in [-0.05, 0) is 30.5 Å². The first-order valence-corrected chi connectivity index (χ1v) is 8.99. The first-order chi connectivity index (χ1) is 13.1. The van der Waals surface area contributed by atoms with Crippen LogP contribution in [0.2, 0.25) is 0 Å². The van der Waals surface area contributed by atoms with Crippen molar-refractivity contribution in [2.75, 3.05) is 19.7 Å². The quantitative estimate of drug-likeness (QED) is 0.796. The highest BCUT2D eigenvalue weighted by molar-refractivity contribution is 5.97. The van der Waals surface area contributed by atoms with Crippen molar-refractivity contribution in [2.45, 2.75) is 18.3 Å². The zero-order valence-electron chi connectivity index (χ0n) is 15.1. The molecule has 5 heteroatoms. The van der Waals surface area contributed by atoms with Crippen LogP contribution < -0.4 is 4.74 Å². The number of carbonyl (C=O) groups is 2. The molecule has 1 N–H and O–H groups in total. The largest absolute Gasteiger partial charge is 0.489 e. The number of amides is 1. The molecule has 0 unspecified atom stereocenters. The minimum atomic E-state index is -0.948. The first kappa shape index (κ1) is 18.7. The molecule has 0 aromatic heterocycles. The lowest BCUT2D eigenvalue weighted by atomic mass is 9.72. The summed E-state index contributed by atoms with van der Waals surface area (Å²) in [5, 5.41) is 9.89. The van der Waals surface area contributed by atoms with Gasteiger partial charge in [-0.1, -0.05) is 55.1 Å². The van der Waals surface area contributed by atoms with Gasteiger partial charge in [-0.3, -0.25) is 9.59 Å². The van der Waals surface area contributed by atoms with E-state index in [9.17, 15) is 14.7 Å². The highest BCUT2D eigenvalue weighted by atomic mass is 16.5. The fourth-order valence-electron chi connectivity index (χ4n) is 3.56. The average Bonchev–Trinajstić information content (AvgIpc) is 2.72. The molecule has 0 spiro atoms. The van der Waals surface area contributed by atoms with Gasteiger partial charge in [0.15, 0.2) is 0 Å². The monoisotopic (exact) mass is 365 g/mol. The Morgan fingerprint density at radius 2 is 1.70 bits per heavy atom. The van der Waals surface area contributed by atoms with E-state index in [1.54, 1.807) is 29.2 Å². The second kappa shape index (κ2) is 8.08. The Morgan fingerprint density at radius 3 is 2.33 bits per heavy atom. The number of rotatable bonds is 6. The fourth-order valence-corrected chi connectivity index (χ4v) is 3.56. The summed E-state index contributed by atoms with van der Waals surface area (Å²) in [4.78, 5) is 26.7. The van der Waals surface area contributed by atoms with Crippen molar-refractivity contribution in [1.29, 1.82) is 0 Å². The van der Waals surface area contributed by atoms with E-state index in [1.807, 2.05) is 36.4 Å². The van der Waals surface area contributed by atoms with Gasteiger partial charge in [0, 0.05) is 13.1 Å². The predicted molar refractivity (Wildman–Crippen MR) is 103 cm³/mol. The van der Waals surface area contributed by atoms with Gasteiger partial charge in [-0.25, -0.2) is 0 Å². The van der Waals surface area contributed by atoms with E-state index in [4.69, 9.17) is 4.74 Å². The predicted octanol–water partition coefficient (Wildman–Crippen LogP) is 3.51. The third kappa shape index (κ3) is 3.72. The standard InChI is InChI=1S/C22H23NO4/c1-2-16-27-19-11-7-6-10-18(19)20(24)23-14-12-22(13-15-23,21(25)26)17-8-4-3-5-9-17/h2-11H,1,12-16H2,(H,25,26). The Balaban J connectivity index is 1.78. The summed E-state index contributed by atoms with van der Waals surface area (Å²) in [6.45, 7) is 4.71. The second-order valence-corrected chi connectivity index (χ2v) is 6.64. The molecule has 0 aliphatic carbocycles. The van der Waals surface area contributed by atoms with Gasteiger partial charge in [0.2, 0.25) is 0 Å². The summed E-state index contributed by atoms with van der Waals surface area (Å²) < 4.78 is 5.59. The number of hydrogen-bond acceptors (Lipinski definition) is 3. The van der Waals surface area contributed by atoms with E-state index in [1.165, 1.54) is 0 Å². The molecule has 0 bridgehead atoms. The van der Waals surface area contributed by atoms with Crippen molar-refractivity contribution in [3.63, 3.8) is 0 Å². The molecule has 1 aliphatic heterocycles. The highest BCUT2D eigenvalue weighted by Crippen LogP contribution is 2.36. The Morgan fingerprint density at radius 1 is 1.07 bits per heavy atom. The molecule has 0 atom stereocenters. The van der Waals surface area contributed by atoms with Gasteiger partial charge in [0.1, 0.15) is 12.4 Å². The number of piperidine rings is 1. The van der Waals surface area contributed by atoms with Gasteiger partial charge < -0.3 is 14.7 Å². The summed E-state index contributed by atoms with van der Waals surface area (Å²) in [5.41, 5.74) is 0.331. The maximum atomic E-state index is 13.0. The molecule has 1 heterocycles. The third-order valence-electron chi connectivity index (χ3n) is 5.11. The van der Waals surface area contributed by atoms with E-state index < -0.39 is 11.4 Å². The van der Waals surface area contributed by atoms with Crippen molar-refractivity contribution < 1.29 is 19.4 Å². The Kier molecular flexibility index (Phi) is 5.60. The Hall–Kier alpha value is -3.08. The first-order valence-electron chi connectivity index (χ1n) is 8.99. The SMILES string of the molecule is C=CCOc1ccccc1C(=O)N1CCC(C(=O)O)(c2ccccc2)CC1. The molecule has 140 valence electrons. The van der Waals surface area contributed by atoms with E-state index >= 15 is 0 Å². The number of carbonyl (C=O) groups excluding carboxylic acids is 1. The number of benzene rings is 2. The summed E-state index contributed by atoms with van der Waals surface area (Å²) >= 11 is 0. The van der Waals surface area contributed by atoms with E-state index in [2.05, 4.69) is 6.58 Å². The van der Waals surface area contributed by atoms with Gasteiger partial charge in [-0.2, -0.15) is 0 Å². The maximum absolute atomic E-state index is 13.0. The second-order valence-electron chi connectivity index (χ2n) is 6.64. The molecule has 2 aromatic carbocycles. The van der Waals surface area contributed by atoms with Crippen LogP contribution in [0.25, 0.3) is 0 Å². The van der Waals surface area contributed by atoms with Crippen LogP contribution in [-0.4, -0.2) is 41.6 Å². The number of para-hydroxylation sites is 1. The van der Waals surface area contributed by atoms with Crippen LogP contribution in [0.5, 0.6) is 5.75 Å². The van der Waals surface area contributed by atoms with Crippen molar-refractivity contribution in [3.05, 3.63) is 78.4 Å². The van der Waals surface area contributed by atoms with Crippen molar-refractivity contribution in [2.24, 2.45) is 0 Å². The van der Waals surface area contributed by atoms with Crippen LogP contribution in [0.1, 0.15) is 28.8 Å². The molecular weight excluding hydrogens is 342 g/mol. The van der Waals surface area contributed by atoms with Crippen LogP contribution in [0.4, 0.5) is 0 Å².